The smallest absolute Gasteiger partial charge is 0.315 e. The lowest BCUT2D eigenvalue weighted by molar-refractivity contribution is 0.218. The van der Waals surface area contributed by atoms with Crippen LogP contribution in [0.15, 0.2) is 54.6 Å². The van der Waals surface area contributed by atoms with Crippen molar-refractivity contribution in [3.63, 3.8) is 0 Å². The molecular weight excluding hydrogens is 298 g/mol. The van der Waals surface area contributed by atoms with Crippen LogP contribution in [0, 0.1) is 16.7 Å². The molecule has 0 aromatic heterocycles. The summed E-state index contributed by atoms with van der Waals surface area (Å²) in [7, 11) is 0. The second-order valence-corrected chi connectivity index (χ2v) is 6.85. The van der Waals surface area contributed by atoms with Gasteiger partial charge in [0.05, 0.1) is 17.7 Å². The van der Waals surface area contributed by atoms with Gasteiger partial charge in [-0.1, -0.05) is 63.2 Å². The van der Waals surface area contributed by atoms with E-state index >= 15 is 0 Å². The molecule has 124 valence electrons. The van der Waals surface area contributed by atoms with E-state index in [-0.39, 0.29) is 17.5 Å². The first-order chi connectivity index (χ1) is 11.4. The molecule has 0 spiro atoms. The minimum absolute atomic E-state index is 0.0836. The van der Waals surface area contributed by atoms with Gasteiger partial charge in [-0.05, 0) is 28.7 Å². The third-order valence-corrected chi connectivity index (χ3v) is 3.81. The van der Waals surface area contributed by atoms with Crippen LogP contribution in [-0.4, -0.2) is 6.03 Å². The highest BCUT2D eigenvalue weighted by Crippen LogP contribution is 2.32. The molecule has 0 saturated carbocycles. The van der Waals surface area contributed by atoms with Gasteiger partial charge < -0.3 is 10.6 Å². The molecule has 2 amide bonds. The molecule has 1 atom stereocenters. The summed E-state index contributed by atoms with van der Waals surface area (Å²) in [6.07, 6.45) is 0. The number of carbonyl (C=O) groups is 1. The minimum atomic E-state index is -0.205. The zero-order valence-electron chi connectivity index (χ0n) is 14.3. The minimum Gasteiger partial charge on any atom is -0.334 e. The van der Waals surface area contributed by atoms with Gasteiger partial charge in [0.25, 0.3) is 0 Å². The average molecular weight is 321 g/mol. The first-order valence-electron chi connectivity index (χ1n) is 7.98. The summed E-state index contributed by atoms with van der Waals surface area (Å²) in [5, 5.41) is 14.7. The standard InChI is InChI=1S/C20H23N3O/c1-20(2,3)18(17-7-5-4-6-8-17)23-19(24)22-14-16-11-9-15(13-21)10-12-16/h4-12,18H,14H2,1-3H3,(H2,22,23,24). The molecule has 2 rings (SSSR count). The average Bonchev–Trinajstić information content (AvgIpc) is 2.58. The molecule has 4 nitrogen and oxygen atoms in total. The lowest BCUT2D eigenvalue weighted by Crippen LogP contribution is -2.42. The second-order valence-electron chi connectivity index (χ2n) is 6.85. The van der Waals surface area contributed by atoms with Gasteiger partial charge in [-0.3, -0.25) is 0 Å². The number of amides is 2. The molecule has 0 bridgehead atoms. The Kier molecular flexibility index (Phi) is 5.59. The van der Waals surface area contributed by atoms with Crippen LogP contribution in [0.1, 0.15) is 43.5 Å². The van der Waals surface area contributed by atoms with Crippen molar-refractivity contribution in [2.45, 2.75) is 33.4 Å². The van der Waals surface area contributed by atoms with Crippen molar-refractivity contribution in [2.24, 2.45) is 5.41 Å². The third kappa shape index (κ3) is 4.85. The molecule has 0 saturated heterocycles. The number of nitriles is 1. The highest BCUT2D eigenvalue weighted by atomic mass is 16.2. The van der Waals surface area contributed by atoms with E-state index in [1.54, 1.807) is 12.1 Å². The van der Waals surface area contributed by atoms with Crippen LogP contribution in [0.3, 0.4) is 0 Å². The van der Waals surface area contributed by atoms with Gasteiger partial charge >= 0.3 is 6.03 Å². The van der Waals surface area contributed by atoms with Crippen LogP contribution in [-0.2, 0) is 6.54 Å². The van der Waals surface area contributed by atoms with Crippen LogP contribution in [0.2, 0.25) is 0 Å². The topological polar surface area (TPSA) is 64.9 Å². The van der Waals surface area contributed by atoms with Gasteiger partial charge in [-0.15, -0.1) is 0 Å². The Morgan fingerprint density at radius 1 is 1.08 bits per heavy atom. The molecule has 0 aliphatic rings. The van der Waals surface area contributed by atoms with Crippen molar-refractivity contribution in [3.8, 4) is 6.07 Å². The molecule has 4 heteroatoms. The molecule has 2 aromatic rings. The number of rotatable bonds is 4. The molecule has 2 aromatic carbocycles. The predicted octanol–water partition coefficient (Wildman–Crippen LogP) is 4.14. The maximum absolute atomic E-state index is 12.3. The number of hydrogen-bond donors (Lipinski definition) is 2. The second kappa shape index (κ2) is 7.65. The number of nitrogens with zero attached hydrogens (tertiary/aromatic N) is 1. The molecule has 2 N–H and O–H groups in total. The summed E-state index contributed by atoms with van der Waals surface area (Å²) in [5.74, 6) is 0. The van der Waals surface area contributed by atoms with E-state index < -0.39 is 0 Å². The number of benzene rings is 2. The molecule has 1 unspecified atom stereocenters. The van der Waals surface area contributed by atoms with Gasteiger partial charge in [0, 0.05) is 6.54 Å². The summed E-state index contributed by atoms with van der Waals surface area (Å²) in [4.78, 5) is 12.3. The summed E-state index contributed by atoms with van der Waals surface area (Å²) < 4.78 is 0. The first kappa shape index (κ1) is 17.6. The quantitative estimate of drug-likeness (QED) is 0.888. The van der Waals surface area contributed by atoms with Gasteiger partial charge in [0.2, 0.25) is 0 Å². The van der Waals surface area contributed by atoms with E-state index in [0.717, 1.165) is 11.1 Å². The molecule has 0 heterocycles. The fraction of sp³-hybridized carbons (Fsp3) is 0.300. The molecular formula is C20H23N3O. The Balaban J connectivity index is 1.99. The van der Waals surface area contributed by atoms with Gasteiger partial charge in [0.1, 0.15) is 0 Å². The Bertz CT molecular complexity index is 709. The summed E-state index contributed by atoms with van der Waals surface area (Å²) >= 11 is 0. The fourth-order valence-electron chi connectivity index (χ4n) is 2.51. The Hall–Kier alpha value is -2.80. The Morgan fingerprint density at radius 2 is 1.71 bits per heavy atom. The van der Waals surface area contributed by atoms with E-state index in [2.05, 4.69) is 37.5 Å². The zero-order chi connectivity index (χ0) is 17.6. The van der Waals surface area contributed by atoms with Crippen molar-refractivity contribution < 1.29 is 4.79 Å². The maximum atomic E-state index is 12.3. The number of carbonyl (C=O) groups excluding carboxylic acids is 1. The number of hydrogen-bond acceptors (Lipinski definition) is 2. The largest absolute Gasteiger partial charge is 0.334 e. The number of nitrogens with one attached hydrogen (secondary N) is 2. The molecule has 0 radical (unpaired) electrons. The van der Waals surface area contributed by atoms with Crippen molar-refractivity contribution in [1.82, 2.24) is 10.6 Å². The lowest BCUT2D eigenvalue weighted by atomic mass is 9.82. The van der Waals surface area contributed by atoms with E-state index in [4.69, 9.17) is 5.26 Å². The van der Waals surface area contributed by atoms with Crippen LogP contribution < -0.4 is 10.6 Å². The summed E-state index contributed by atoms with van der Waals surface area (Å²) in [6, 6.07) is 18.9. The fourth-order valence-corrected chi connectivity index (χ4v) is 2.51. The Labute approximate surface area is 143 Å². The lowest BCUT2D eigenvalue weighted by Gasteiger charge is -2.32. The Morgan fingerprint density at radius 3 is 2.25 bits per heavy atom. The number of urea groups is 1. The maximum Gasteiger partial charge on any atom is 0.315 e. The molecule has 24 heavy (non-hydrogen) atoms. The van der Waals surface area contributed by atoms with Crippen LogP contribution >= 0.6 is 0 Å². The van der Waals surface area contributed by atoms with Crippen molar-refractivity contribution in [3.05, 3.63) is 71.3 Å². The SMILES string of the molecule is CC(C)(C)C(NC(=O)NCc1ccc(C#N)cc1)c1ccccc1. The van der Waals surface area contributed by atoms with Gasteiger partial charge in [-0.25, -0.2) is 4.79 Å². The summed E-state index contributed by atoms with van der Waals surface area (Å²) in [6.45, 7) is 6.73. The van der Waals surface area contributed by atoms with Crippen molar-refractivity contribution >= 4 is 6.03 Å². The van der Waals surface area contributed by atoms with E-state index in [1.807, 2.05) is 42.5 Å². The van der Waals surface area contributed by atoms with Crippen molar-refractivity contribution in [1.29, 1.82) is 5.26 Å². The molecule has 0 aliphatic carbocycles. The van der Waals surface area contributed by atoms with E-state index in [9.17, 15) is 4.79 Å². The van der Waals surface area contributed by atoms with Crippen molar-refractivity contribution in [2.75, 3.05) is 0 Å². The predicted molar refractivity (Wildman–Crippen MR) is 95.2 cm³/mol. The van der Waals surface area contributed by atoms with Gasteiger partial charge in [0.15, 0.2) is 0 Å². The molecule has 0 fully saturated rings. The first-order valence-corrected chi connectivity index (χ1v) is 7.98. The summed E-state index contributed by atoms with van der Waals surface area (Å²) in [5.41, 5.74) is 2.54. The van der Waals surface area contributed by atoms with Crippen LogP contribution in [0.25, 0.3) is 0 Å². The third-order valence-electron chi connectivity index (χ3n) is 3.81. The van der Waals surface area contributed by atoms with Crippen LogP contribution in [0.5, 0.6) is 0 Å². The molecule has 0 aliphatic heterocycles. The van der Waals surface area contributed by atoms with Gasteiger partial charge in [-0.2, -0.15) is 5.26 Å². The van der Waals surface area contributed by atoms with E-state index in [1.165, 1.54) is 0 Å². The highest BCUT2D eigenvalue weighted by Gasteiger charge is 2.27. The normalized spacial score (nSPS) is 12.1. The zero-order valence-corrected chi connectivity index (χ0v) is 14.3. The highest BCUT2D eigenvalue weighted by molar-refractivity contribution is 5.74. The van der Waals surface area contributed by atoms with E-state index in [0.29, 0.717) is 12.1 Å². The van der Waals surface area contributed by atoms with Crippen LogP contribution in [0.4, 0.5) is 4.79 Å². The monoisotopic (exact) mass is 321 g/mol.